The minimum atomic E-state index is -0.381. The van der Waals surface area contributed by atoms with E-state index < -0.39 is 0 Å². The Kier molecular flexibility index (Phi) is 9.21. The second-order valence-corrected chi connectivity index (χ2v) is 14.0. The molecule has 0 aromatic heterocycles. The van der Waals surface area contributed by atoms with E-state index in [2.05, 4.69) is 48.7 Å². The van der Waals surface area contributed by atoms with Gasteiger partial charge in [0.15, 0.2) is 0 Å². The van der Waals surface area contributed by atoms with Gasteiger partial charge in [-0.1, -0.05) is 39.2 Å². The van der Waals surface area contributed by atoms with Crippen LogP contribution in [0.4, 0.5) is 0 Å². The summed E-state index contributed by atoms with van der Waals surface area (Å²) in [6.45, 7) is 7.54. The number of amides is 1. The summed E-state index contributed by atoms with van der Waals surface area (Å²) in [4.78, 5) is 19.9. The predicted octanol–water partition coefficient (Wildman–Crippen LogP) is 6.67. The summed E-state index contributed by atoms with van der Waals surface area (Å²) in [7, 11) is -0.381. The van der Waals surface area contributed by atoms with E-state index in [-0.39, 0.29) is 7.05 Å². The van der Waals surface area contributed by atoms with Crippen molar-refractivity contribution in [3.05, 3.63) is 67.7 Å². The van der Waals surface area contributed by atoms with Gasteiger partial charge in [-0.15, -0.1) is 5.70 Å². The first-order valence-electron chi connectivity index (χ1n) is 15.6. The van der Waals surface area contributed by atoms with Crippen molar-refractivity contribution in [3.8, 4) is 0 Å². The highest BCUT2D eigenvalue weighted by Gasteiger charge is 2.33. The van der Waals surface area contributed by atoms with Gasteiger partial charge < -0.3 is 25.0 Å². The summed E-state index contributed by atoms with van der Waals surface area (Å²) in [6, 6.07) is 6.35. The van der Waals surface area contributed by atoms with Crippen LogP contribution in [-0.4, -0.2) is 71.9 Å². The molecule has 1 amide bonds. The average Bonchev–Trinajstić information content (AvgIpc) is 3.14. The summed E-state index contributed by atoms with van der Waals surface area (Å²) in [5, 5.41) is 15.5. The molecule has 1 aliphatic carbocycles. The molecular weight excluding hydrogens is 599 g/mol. The molecule has 0 radical (unpaired) electrons. The maximum absolute atomic E-state index is 13.1. The van der Waals surface area contributed by atoms with Crippen LogP contribution in [0.15, 0.2) is 46.2 Å². The molecule has 3 fully saturated rings. The Labute approximate surface area is 259 Å². The van der Waals surface area contributed by atoms with Crippen molar-refractivity contribution in [1.82, 2.24) is 14.6 Å². The first kappa shape index (κ1) is 29.3. The van der Waals surface area contributed by atoms with E-state index in [0.29, 0.717) is 24.2 Å². The molecule has 0 saturated carbocycles. The Bertz CT molecular complexity index is 1230. The Hall–Kier alpha value is -1.74. The quantitative estimate of drug-likeness (QED) is 0.366. The second kappa shape index (κ2) is 12.9. The smallest absolute Gasteiger partial charge is 0.376 e. The lowest BCUT2D eigenvalue weighted by Gasteiger charge is -2.44. The van der Waals surface area contributed by atoms with Crippen molar-refractivity contribution in [2.75, 3.05) is 39.3 Å². The number of hydrogen-bond donors (Lipinski definition) is 1. The van der Waals surface area contributed by atoms with Gasteiger partial charge in [-0.2, -0.15) is 6.20 Å². The molecule has 41 heavy (non-hydrogen) atoms. The number of likely N-dealkylation sites (tertiary alicyclic amines) is 2. The SMILES string of the molecule is CB(O)N1CCC(CC(=O)N2CCC(C3CCN(C4=C5[N-]C=C(Br)C=C5CCc5cc(Cl)ccc54)CC3)CC2)CC1. The number of piperidine rings is 3. The number of halogens is 2. The topological polar surface area (TPSA) is 61.1 Å². The average molecular weight is 641 g/mol. The summed E-state index contributed by atoms with van der Waals surface area (Å²) in [5.74, 6) is 2.24. The zero-order valence-corrected chi connectivity index (χ0v) is 26.5. The van der Waals surface area contributed by atoms with Crippen LogP contribution in [0.3, 0.4) is 0 Å². The molecule has 0 atom stereocenters. The summed E-state index contributed by atoms with van der Waals surface area (Å²) < 4.78 is 1.03. The molecule has 1 N–H and O–H groups in total. The minimum Gasteiger partial charge on any atom is -0.661 e. The zero-order chi connectivity index (χ0) is 28.5. The first-order chi connectivity index (χ1) is 19.9. The fraction of sp³-hybridized carbons (Fsp3) is 0.594. The number of carbonyl (C=O) groups excluding carboxylic acids is 1. The van der Waals surface area contributed by atoms with Crippen molar-refractivity contribution in [2.24, 2.45) is 17.8 Å². The third-order valence-corrected chi connectivity index (χ3v) is 10.9. The van der Waals surface area contributed by atoms with E-state index >= 15 is 0 Å². The molecule has 4 aliphatic heterocycles. The van der Waals surface area contributed by atoms with E-state index in [1.807, 2.05) is 19.1 Å². The van der Waals surface area contributed by atoms with Gasteiger partial charge in [0, 0.05) is 43.3 Å². The van der Waals surface area contributed by atoms with E-state index in [1.54, 1.807) is 0 Å². The normalized spacial score (nSPS) is 23.3. The Balaban J connectivity index is 1.05. The van der Waals surface area contributed by atoms with Gasteiger partial charge in [-0.3, -0.25) is 4.79 Å². The van der Waals surface area contributed by atoms with E-state index in [4.69, 9.17) is 16.9 Å². The summed E-state index contributed by atoms with van der Waals surface area (Å²) >= 11 is 10.1. The van der Waals surface area contributed by atoms with Crippen LogP contribution < -0.4 is 0 Å². The summed E-state index contributed by atoms with van der Waals surface area (Å²) in [6.07, 6.45) is 13.5. The molecule has 0 bridgehead atoms. The molecule has 1 aromatic rings. The van der Waals surface area contributed by atoms with Gasteiger partial charge in [0.2, 0.25) is 5.91 Å². The van der Waals surface area contributed by atoms with Gasteiger partial charge in [0.1, 0.15) is 0 Å². The standard InChI is InChI=1S/C32H42BBrClN4O2/c1-33(41)39-16-6-22(7-17-39)18-30(40)37-12-8-23(9-13-37)24-10-14-38(15-11-24)32-29-5-4-28(35)20-25(29)2-3-26-19-27(34)21-36-31(26)32/h4-5,19-24,41H,2-3,6-18H2,1H3/q-1. The molecular formula is C32H42BBrClN4O2-. The van der Waals surface area contributed by atoms with Crippen molar-refractivity contribution < 1.29 is 9.82 Å². The molecule has 0 unspecified atom stereocenters. The predicted molar refractivity (Wildman–Crippen MR) is 171 cm³/mol. The highest BCUT2D eigenvalue weighted by molar-refractivity contribution is 9.11. The largest absolute Gasteiger partial charge is 0.661 e. The monoisotopic (exact) mass is 639 g/mol. The molecule has 5 aliphatic rings. The Morgan fingerprint density at radius 1 is 1.02 bits per heavy atom. The lowest BCUT2D eigenvalue weighted by atomic mass is 9.78. The Morgan fingerprint density at radius 2 is 1.71 bits per heavy atom. The van der Waals surface area contributed by atoms with Crippen LogP contribution in [0.5, 0.6) is 0 Å². The van der Waals surface area contributed by atoms with Crippen molar-refractivity contribution in [1.29, 1.82) is 0 Å². The van der Waals surface area contributed by atoms with Crippen LogP contribution in [0.1, 0.15) is 62.5 Å². The highest BCUT2D eigenvalue weighted by Crippen LogP contribution is 2.44. The van der Waals surface area contributed by atoms with E-state index in [0.717, 1.165) is 98.9 Å². The number of benzene rings is 1. The van der Waals surface area contributed by atoms with Crippen LogP contribution >= 0.6 is 27.5 Å². The van der Waals surface area contributed by atoms with Gasteiger partial charge in [-0.05, 0) is 123 Å². The Morgan fingerprint density at radius 3 is 2.39 bits per heavy atom. The fourth-order valence-electron chi connectivity index (χ4n) is 7.72. The van der Waals surface area contributed by atoms with Gasteiger partial charge in [0.25, 0.3) is 0 Å². The third kappa shape index (κ3) is 6.61. The van der Waals surface area contributed by atoms with Crippen molar-refractivity contribution in [3.63, 3.8) is 0 Å². The van der Waals surface area contributed by atoms with E-state index in [1.165, 1.54) is 35.2 Å². The number of hydrogen-bond acceptors (Lipinski definition) is 4. The zero-order valence-electron chi connectivity index (χ0n) is 24.2. The number of fused-ring (bicyclic) bond motifs is 2. The number of carbonyl (C=O) groups is 1. The van der Waals surface area contributed by atoms with Gasteiger partial charge in [0.05, 0.1) is 0 Å². The van der Waals surface area contributed by atoms with Crippen molar-refractivity contribution >= 4 is 46.2 Å². The molecule has 6 nitrogen and oxygen atoms in total. The van der Waals surface area contributed by atoms with Crippen molar-refractivity contribution in [2.45, 2.75) is 64.6 Å². The van der Waals surface area contributed by atoms with Gasteiger partial charge >= 0.3 is 7.05 Å². The maximum Gasteiger partial charge on any atom is 0.376 e. The second-order valence-electron chi connectivity index (χ2n) is 12.7. The molecule has 0 spiro atoms. The molecule has 4 heterocycles. The molecule has 6 rings (SSSR count). The molecule has 3 saturated heterocycles. The molecule has 220 valence electrons. The minimum absolute atomic E-state index is 0.343. The maximum atomic E-state index is 13.1. The molecule has 1 aromatic carbocycles. The van der Waals surface area contributed by atoms with Crippen LogP contribution in [0.25, 0.3) is 11.0 Å². The van der Waals surface area contributed by atoms with Crippen LogP contribution in [-0.2, 0) is 11.2 Å². The first-order valence-corrected chi connectivity index (χ1v) is 16.8. The number of nitrogens with zero attached hydrogens (tertiary/aromatic N) is 4. The van der Waals surface area contributed by atoms with E-state index in [9.17, 15) is 9.82 Å². The van der Waals surface area contributed by atoms with Crippen LogP contribution in [0, 0.1) is 17.8 Å². The lowest BCUT2D eigenvalue weighted by molar-refractivity contribution is -0.134. The van der Waals surface area contributed by atoms with Gasteiger partial charge in [-0.25, -0.2) is 0 Å². The number of allylic oxidation sites excluding steroid dienone is 3. The third-order valence-electron chi connectivity index (χ3n) is 10.2. The number of rotatable bonds is 5. The number of aryl methyl sites for hydroxylation is 1. The lowest BCUT2D eigenvalue weighted by Crippen LogP contribution is -2.45. The highest BCUT2D eigenvalue weighted by atomic mass is 79.9. The molecule has 9 heteroatoms. The fourth-order valence-corrected chi connectivity index (χ4v) is 8.30. The van der Waals surface area contributed by atoms with Crippen LogP contribution in [0.2, 0.25) is 11.8 Å². The summed E-state index contributed by atoms with van der Waals surface area (Å²) in [5.41, 5.74) is 6.29.